The molecule has 0 nitrogen and oxygen atoms in total. The van der Waals surface area contributed by atoms with Crippen molar-refractivity contribution in [1.29, 1.82) is 0 Å². The van der Waals surface area contributed by atoms with Crippen LogP contribution in [-0.4, -0.2) is 10.4 Å². The highest BCUT2D eigenvalue weighted by atomic mass is 127. The highest BCUT2D eigenvalue weighted by Crippen LogP contribution is 2.27. The molecule has 0 aromatic carbocycles. The van der Waals surface area contributed by atoms with Gasteiger partial charge >= 0.3 is 6.00 Å². The van der Waals surface area contributed by atoms with Gasteiger partial charge in [-0.15, -0.1) is 33.2 Å². The Bertz CT molecular complexity index is 324. The molecule has 0 aliphatic carbocycles. The SMILES string of the molecule is Cl[Si](Cl)(Cl)CCCCCCCCCCCCCCCCCCCCCCCCCI. The summed E-state index contributed by atoms with van der Waals surface area (Å²) in [5, 5.41) is 0. The maximum absolute atomic E-state index is 5.90. The first kappa shape index (κ1) is 31.8. The number of hydrogen-bond donors (Lipinski definition) is 0. The topological polar surface area (TPSA) is 0 Å². The predicted molar refractivity (Wildman–Crippen MR) is 153 cm³/mol. The van der Waals surface area contributed by atoms with Gasteiger partial charge in [0.1, 0.15) is 0 Å². The molecule has 0 aliphatic heterocycles. The minimum atomic E-state index is -2.36. The third-order valence-electron chi connectivity index (χ3n) is 6.09. The largest absolute Gasteiger partial charge is 0.341 e. The van der Waals surface area contributed by atoms with Crippen molar-refractivity contribution in [3.8, 4) is 0 Å². The van der Waals surface area contributed by atoms with Crippen LogP contribution in [0.2, 0.25) is 6.04 Å². The minimum Gasteiger partial charge on any atom is -0.126 e. The minimum absolute atomic E-state index is 0.830. The van der Waals surface area contributed by atoms with E-state index in [9.17, 15) is 0 Å². The molecule has 0 fully saturated rings. The summed E-state index contributed by atoms with van der Waals surface area (Å²) in [5.74, 6) is 0. The van der Waals surface area contributed by atoms with E-state index in [0.29, 0.717) is 0 Å². The number of rotatable bonds is 25. The molecule has 0 atom stereocenters. The molecule has 0 bridgehead atoms. The molecular formula is C25H50Cl3ISi. The summed E-state index contributed by atoms with van der Waals surface area (Å²) in [6.07, 6.45) is 32.6. The van der Waals surface area contributed by atoms with Crippen molar-refractivity contribution in [3.05, 3.63) is 0 Å². The van der Waals surface area contributed by atoms with Crippen LogP contribution in [0.5, 0.6) is 0 Å². The number of halogens is 4. The quantitative estimate of drug-likeness (QED) is 0.0317. The molecule has 0 unspecified atom stereocenters. The molecule has 0 amide bonds. The third kappa shape index (κ3) is 29.8. The van der Waals surface area contributed by atoms with Crippen LogP contribution in [0.25, 0.3) is 0 Å². The maximum Gasteiger partial charge on any atom is 0.341 e. The second-order valence-corrected chi connectivity index (χ2v) is 19.5. The first-order valence-corrected chi connectivity index (χ1v) is 20.0. The van der Waals surface area contributed by atoms with E-state index in [0.717, 1.165) is 12.5 Å². The summed E-state index contributed by atoms with van der Waals surface area (Å²) >= 11 is 20.2. The van der Waals surface area contributed by atoms with Gasteiger partial charge in [0.05, 0.1) is 0 Å². The Morgan fingerprint density at radius 2 is 0.533 bits per heavy atom. The van der Waals surface area contributed by atoms with Crippen molar-refractivity contribution >= 4 is 61.8 Å². The summed E-state index contributed by atoms with van der Waals surface area (Å²) in [6, 6.07) is -1.53. The second-order valence-electron chi connectivity index (χ2n) is 9.19. The molecule has 0 saturated carbocycles. The lowest BCUT2D eigenvalue weighted by Crippen LogP contribution is -2.07. The van der Waals surface area contributed by atoms with Crippen LogP contribution in [0.3, 0.4) is 0 Å². The van der Waals surface area contributed by atoms with Gasteiger partial charge in [-0.25, -0.2) is 0 Å². The van der Waals surface area contributed by atoms with Gasteiger partial charge in [-0.05, 0) is 16.9 Å². The fourth-order valence-electron chi connectivity index (χ4n) is 4.13. The van der Waals surface area contributed by atoms with Crippen LogP contribution >= 0.6 is 55.8 Å². The van der Waals surface area contributed by atoms with E-state index < -0.39 is 6.00 Å². The van der Waals surface area contributed by atoms with Crippen LogP contribution < -0.4 is 0 Å². The Balaban J connectivity index is 3.02. The molecule has 182 valence electrons. The van der Waals surface area contributed by atoms with Crippen LogP contribution in [0.1, 0.15) is 148 Å². The number of hydrogen-bond acceptors (Lipinski definition) is 0. The van der Waals surface area contributed by atoms with Crippen molar-refractivity contribution in [2.24, 2.45) is 0 Å². The lowest BCUT2D eigenvalue weighted by molar-refractivity contribution is 0.519. The molecule has 0 heterocycles. The average molecular weight is 612 g/mol. The summed E-state index contributed by atoms with van der Waals surface area (Å²) < 4.78 is 1.34. The van der Waals surface area contributed by atoms with Gasteiger partial charge in [-0.3, -0.25) is 0 Å². The molecule has 0 aromatic rings. The average Bonchev–Trinajstić information content (AvgIpc) is 2.70. The summed E-state index contributed by atoms with van der Waals surface area (Å²) in [4.78, 5) is 0. The first-order chi connectivity index (χ1) is 14.6. The van der Waals surface area contributed by atoms with E-state index in [1.165, 1.54) is 146 Å². The van der Waals surface area contributed by atoms with E-state index in [-0.39, 0.29) is 0 Å². The van der Waals surface area contributed by atoms with Crippen LogP contribution in [0.15, 0.2) is 0 Å². The zero-order valence-electron chi connectivity index (χ0n) is 19.7. The fourth-order valence-corrected chi connectivity index (χ4v) is 6.53. The van der Waals surface area contributed by atoms with Gasteiger partial charge in [-0.1, -0.05) is 164 Å². The van der Waals surface area contributed by atoms with Gasteiger partial charge in [0, 0.05) is 0 Å². The van der Waals surface area contributed by atoms with Crippen LogP contribution in [0.4, 0.5) is 0 Å². The standard InChI is InChI=1S/C25H50Cl3ISi/c26-30(27,28)25-23-21-19-17-15-13-11-9-7-5-3-1-2-4-6-8-10-12-14-16-18-20-22-24-29/h1-25H2. The summed E-state index contributed by atoms with van der Waals surface area (Å²) in [6.45, 7) is 0. The molecular weight excluding hydrogens is 562 g/mol. The molecule has 0 aliphatic rings. The zero-order valence-corrected chi connectivity index (χ0v) is 25.1. The Morgan fingerprint density at radius 1 is 0.333 bits per heavy atom. The molecule has 0 N–H and O–H groups in total. The second kappa shape index (κ2) is 25.4. The van der Waals surface area contributed by atoms with E-state index >= 15 is 0 Å². The molecule has 0 rings (SSSR count). The lowest BCUT2D eigenvalue weighted by atomic mass is 10.0. The van der Waals surface area contributed by atoms with E-state index in [2.05, 4.69) is 22.6 Å². The Kier molecular flexibility index (Phi) is 27.0. The third-order valence-corrected chi connectivity index (χ3v) is 9.48. The Morgan fingerprint density at radius 3 is 0.733 bits per heavy atom. The van der Waals surface area contributed by atoms with Gasteiger partial charge in [0.25, 0.3) is 0 Å². The Hall–Kier alpha value is 1.82. The summed E-state index contributed by atoms with van der Waals surface area (Å²) in [5.41, 5.74) is 0. The molecule has 0 saturated heterocycles. The molecule has 0 spiro atoms. The highest BCUT2D eigenvalue weighted by molar-refractivity contribution is 14.1. The number of unbranched alkanes of at least 4 members (excludes halogenated alkanes) is 22. The Labute approximate surface area is 218 Å². The van der Waals surface area contributed by atoms with Crippen molar-refractivity contribution in [1.82, 2.24) is 0 Å². The van der Waals surface area contributed by atoms with Crippen molar-refractivity contribution in [3.63, 3.8) is 0 Å². The van der Waals surface area contributed by atoms with Crippen LogP contribution in [0, 0.1) is 0 Å². The maximum atomic E-state index is 5.90. The van der Waals surface area contributed by atoms with Crippen molar-refractivity contribution < 1.29 is 0 Å². The molecule has 0 radical (unpaired) electrons. The van der Waals surface area contributed by atoms with E-state index in [4.69, 9.17) is 33.2 Å². The predicted octanol–water partition coefficient (Wildman–Crippen LogP) is 12.0. The van der Waals surface area contributed by atoms with E-state index in [1.54, 1.807) is 0 Å². The molecule has 30 heavy (non-hydrogen) atoms. The molecule has 0 aromatic heterocycles. The smallest absolute Gasteiger partial charge is 0.126 e. The van der Waals surface area contributed by atoms with Gasteiger partial charge in [-0.2, -0.15) is 0 Å². The van der Waals surface area contributed by atoms with Crippen molar-refractivity contribution in [2.45, 2.75) is 154 Å². The fraction of sp³-hybridized carbons (Fsp3) is 1.00. The normalized spacial score (nSPS) is 12.0. The highest BCUT2D eigenvalue weighted by Gasteiger charge is 2.23. The monoisotopic (exact) mass is 610 g/mol. The van der Waals surface area contributed by atoms with E-state index in [1.807, 2.05) is 0 Å². The van der Waals surface area contributed by atoms with Gasteiger partial charge in [0.15, 0.2) is 0 Å². The zero-order chi connectivity index (χ0) is 22.2. The molecule has 5 heteroatoms. The van der Waals surface area contributed by atoms with Crippen molar-refractivity contribution in [2.75, 3.05) is 4.43 Å². The van der Waals surface area contributed by atoms with Gasteiger partial charge in [0.2, 0.25) is 0 Å². The van der Waals surface area contributed by atoms with Crippen LogP contribution in [-0.2, 0) is 0 Å². The van der Waals surface area contributed by atoms with Gasteiger partial charge < -0.3 is 0 Å². The lowest BCUT2D eigenvalue weighted by Gasteiger charge is -2.07. The first-order valence-electron chi connectivity index (χ1n) is 13.2. The number of alkyl halides is 1. The summed E-state index contributed by atoms with van der Waals surface area (Å²) in [7, 11) is 0.